The molecule has 3 aromatic rings. The van der Waals surface area contributed by atoms with Gasteiger partial charge in [0.1, 0.15) is 23.0 Å². The van der Waals surface area contributed by atoms with Crippen molar-refractivity contribution < 1.29 is 23.7 Å². The van der Waals surface area contributed by atoms with Gasteiger partial charge >= 0.3 is 0 Å². The molecular formula is C39H52O5. The molecular weight excluding hydrogens is 548 g/mol. The molecule has 1 aliphatic carbocycles. The summed E-state index contributed by atoms with van der Waals surface area (Å²) in [5, 5.41) is 0. The minimum Gasteiger partial charge on any atom is -0.494 e. The number of hydrogen-bond donors (Lipinski definition) is 0. The molecule has 0 unspecified atom stereocenters. The fraction of sp³-hybridized carbons (Fsp3) is 0.487. The van der Waals surface area contributed by atoms with E-state index in [0.717, 1.165) is 114 Å². The van der Waals surface area contributed by atoms with Crippen LogP contribution in [0.3, 0.4) is 0 Å². The molecule has 0 aliphatic heterocycles. The van der Waals surface area contributed by atoms with Crippen molar-refractivity contribution >= 4 is 0 Å². The van der Waals surface area contributed by atoms with Crippen molar-refractivity contribution in [2.45, 2.75) is 90.1 Å². The Morgan fingerprint density at radius 3 is 1.32 bits per heavy atom. The molecule has 0 aromatic heterocycles. The normalized spacial score (nSPS) is 13.5. The smallest absolute Gasteiger partial charge is 0.119 e. The highest BCUT2D eigenvalue weighted by Crippen LogP contribution is 2.26. The van der Waals surface area contributed by atoms with Crippen molar-refractivity contribution in [2.24, 2.45) is 0 Å². The van der Waals surface area contributed by atoms with Gasteiger partial charge in [-0.25, -0.2) is 0 Å². The molecule has 0 heterocycles. The van der Waals surface area contributed by atoms with Crippen LogP contribution in [0.1, 0.15) is 84.0 Å². The van der Waals surface area contributed by atoms with Gasteiger partial charge < -0.3 is 23.7 Å². The van der Waals surface area contributed by atoms with Gasteiger partial charge in [0, 0.05) is 6.42 Å². The van der Waals surface area contributed by atoms with Crippen molar-refractivity contribution in [2.75, 3.05) is 33.0 Å². The highest BCUT2D eigenvalue weighted by molar-refractivity contribution is 5.64. The van der Waals surface area contributed by atoms with Crippen LogP contribution in [0.15, 0.2) is 84.9 Å². The average Bonchev–Trinajstić information content (AvgIpc) is 3.06. The minimum absolute atomic E-state index is 0.393. The van der Waals surface area contributed by atoms with E-state index in [1.807, 2.05) is 24.3 Å². The third kappa shape index (κ3) is 12.7. The van der Waals surface area contributed by atoms with Crippen LogP contribution in [0.4, 0.5) is 0 Å². The zero-order valence-electron chi connectivity index (χ0n) is 26.8. The van der Waals surface area contributed by atoms with Crippen LogP contribution in [0.25, 0.3) is 11.1 Å². The maximum absolute atomic E-state index is 5.98. The van der Waals surface area contributed by atoms with Gasteiger partial charge in [-0.1, -0.05) is 56.2 Å². The van der Waals surface area contributed by atoms with Crippen LogP contribution in [0.5, 0.6) is 23.0 Å². The van der Waals surface area contributed by atoms with Gasteiger partial charge in [0.05, 0.1) is 39.1 Å². The van der Waals surface area contributed by atoms with E-state index in [-0.39, 0.29) is 0 Å². The number of rotatable bonds is 21. The lowest BCUT2D eigenvalue weighted by atomic mass is 9.94. The first kappa shape index (κ1) is 33.5. The van der Waals surface area contributed by atoms with E-state index in [4.69, 9.17) is 23.7 Å². The molecule has 0 atom stereocenters. The second kappa shape index (κ2) is 19.8. The third-order valence-electron chi connectivity index (χ3n) is 8.01. The molecule has 0 radical (unpaired) electrons. The Morgan fingerprint density at radius 1 is 0.500 bits per heavy atom. The molecule has 44 heavy (non-hydrogen) atoms. The highest BCUT2D eigenvalue weighted by atomic mass is 16.5. The van der Waals surface area contributed by atoms with Crippen LogP contribution in [-0.2, 0) is 4.74 Å². The van der Waals surface area contributed by atoms with Gasteiger partial charge in [-0.15, -0.1) is 0 Å². The SMILES string of the molecule is C=C1CCC(OCCCOc2ccc(OCCCCCCOc3ccc(-c4ccc(OCCCCC)cc4)cc3)cc2)CC1. The lowest BCUT2D eigenvalue weighted by Crippen LogP contribution is -2.18. The molecule has 0 spiro atoms. The van der Waals surface area contributed by atoms with E-state index in [2.05, 4.69) is 62.0 Å². The Morgan fingerprint density at radius 2 is 0.886 bits per heavy atom. The van der Waals surface area contributed by atoms with E-state index in [9.17, 15) is 0 Å². The van der Waals surface area contributed by atoms with Crippen molar-refractivity contribution in [1.29, 1.82) is 0 Å². The number of allylic oxidation sites excluding steroid dienone is 1. The fourth-order valence-electron chi connectivity index (χ4n) is 5.26. The first-order valence-corrected chi connectivity index (χ1v) is 16.8. The monoisotopic (exact) mass is 600 g/mol. The first-order valence-electron chi connectivity index (χ1n) is 16.8. The summed E-state index contributed by atoms with van der Waals surface area (Å²) in [6, 6.07) is 24.6. The Balaban J connectivity index is 0.991. The largest absolute Gasteiger partial charge is 0.494 e. The summed E-state index contributed by atoms with van der Waals surface area (Å²) >= 11 is 0. The predicted molar refractivity (Wildman–Crippen MR) is 180 cm³/mol. The summed E-state index contributed by atoms with van der Waals surface area (Å²) in [5.74, 6) is 3.61. The number of unbranched alkanes of at least 4 members (excludes halogenated alkanes) is 5. The van der Waals surface area contributed by atoms with E-state index in [1.54, 1.807) is 0 Å². The van der Waals surface area contributed by atoms with E-state index in [1.165, 1.54) is 29.5 Å². The molecule has 5 heteroatoms. The summed E-state index contributed by atoms with van der Waals surface area (Å²) < 4.78 is 29.5. The number of benzene rings is 3. The third-order valence-corrected chi connectivity index (χ3v) is 8.01. The van der Waals surface area contributed by atoms with Gasteiger partial charge in [-0.2, -0.15) is 0 Å². The van der Waals surface area contributed by atoms with Gasteiger partial charge in [0.2, 0.25) is 0 Å². The minimum atomic E-state index is 0.393. The molecule has 0 amide bonds. The zero-order valence-corrected chi connectivity index (χ0v) is 26.8. The van der Waals surface area contributed by atoms with Crippen molar-refractivity contribution in [3.63, 3.8) is 0 Å². The summed E-state index contributed by atoms with van der Waals surface area (Å²) in [4.78, 5) is 0. The summed E-state index contributed by atoms with van der Waals surface area (Å²) in [7, 11) is 0. The first-order chi connectivity index (χ1) is 21.7. The lowest BCUT2D eigenvalue weighted by Gasteiger charge is -2.23. The van der Waals surface area contributed by atoms with Gasteiger partial charge in [0.15, 0.2) is 0 Å². The van der Waals surface area contributed by atoms with Crippen LogP contribution in [0, 0.1) is 0 Å². The lowest BCUT2D eigenvalue weighted by molar-refractivity contribution is 0.0293. The second-order valence-electron chi connectivity index (χ2n) is 11.7. The average molecular weight is 601 g/mol. The Kier molecular flexibility index (Phi) is 15.0. The fourth-order valence-corrected chi connectivity index (χ4v) is 5.26. The number of ether oxygens (including phenoxy) is 5. The molecule has 238 valence electrons. The summed E-state index contributed by atoms with van der Waals surface area (Å²) in [6.07, 6.45) is 13.6. The maximum Gasteiger partial charge on any atom is 0.119 e. The Bertz CT molecular complexity index is 1180. The predicted octanol–water partition coefficient (Wildman–Crippen LogP) is 10.2. The summed E-state index contributed by atoms with van der Waals surface area (Å²) in [6.45, 7) is 9.93. The molecule has 4 rings (SSSR count). The van der Waals surface area contributed by atoms with Gasteiger partial charge in [-0.05, 0) is 117 Å². The molecule has 5 nitrogen and oxygen atoms in total. The standard InChI is InChI=1S/C39H52O5/c1-3-4-7-27-40-36-19-13-33(14-20-36)34-15-21-37(22-16-34)41-28-8-5-6-9-29-42-38-23-25-39(26-24-38)44-31-10-30-43-35-17-11-32(2)12-18-35/h13-16,19-26,35H,2-12,17-18,27-31H2,1H3. The number of hydrogen-bond acceptors (Lipinski definition) is 5. The van der Waals surface area contributed by atoms with Crippen LogP contribution < -0.4 is 18.9 Å². The van der Waals surface area contributed by atoms with Crippen LogP contribution in [-0.4, -0.2) is 39.1 Å². The Hall–Kier alpha value is -3.44. The maximum atomic E-state index is 5.98. The molecule has 0 saturated heterocycles. The molecule has 3 aromatic carbocycles. The van der Waals surface area contributed by atoms with E-state index in [0.29, 0.717) is 12.7 Å². The summed E-state index contributed by atoms with van der Waals surface area (Å²) in [5.41, 5.74) is 3.73. The molecule has 0 bridgehead atoms. The zero-order chi connectivity index (χ0) is 30.7. The second-order valence-corrected chi connectivity index (χ2v) is 11.7. The van der Waals surface area contributed by atoms with E-state index >= 15 is 0 Å². The molecule has 0 N–H and O–H groups in total. The van der Waals surface area contributed by atoms with Crippen molar-refractivity contribution in [3.05, 3.63) is 84.9 Å². The van der Waals surface area contributed by atoms with E-state index < -0.39 is 0 Å². The van der Waals surface area contributed by atoms with Gasteiger partial charge in [-0.3, -0.25) is 0 Å². The Labute approximate surface area is 265 Å². The topological polar surface area (TPSA) is 46.2 Å². The van der Waals surface area contributed by atoms with Crippen LogP contribution >= 0.6 is 0 Å². The molecule has 1 aliphatic rings. The molecule has 1 fully saturated rings. The quantitative estimate of drug-likeness (QED) is 0.0899. The highest BCUT2D eigenvalue weighted by Gasteiger charge is 2.15. The van der Waals surface area contributed by atoms with Gasteiger partial charge in [0.25, 0.3) is 0 Å². The van der Waals surface area contributed by atoms with Crippen molar-refractivity contribution in [1.82, 2.24) is 0 Å². The van der Waals surface area contributed by atoms with Crippen molar-refractivity contribution in [3.8, 4) is 34.1 Å². The van der Waals surface area contributed by atoms with Crippen LogP contribution in [0.2, 0.25) is 0 Å². The molecule has 1 saturated carbocycles.